The molecule has 0 spiro atoms. The average Bonchev–Trinajstić information content (AvgIpc) is 2.52. The van der Waals surface area contributed by atoms with Crippen molar-refractivity contribution in [2.24, 2.45) is 5.73 Å². The molecule has 0 saturated heterocycles. The molecular weight excluding hydrogens is 168 g/mol. The summed E-state index contributed by atoms with van der Waals surface area (Å²) < 4.78 is 0. The Labute approximate surface area is 77.8 Å². The maximum atomic E-state index is 5.92. The smallest absolute Gasteiger partial charge is 0.110 e. The SMILES string of the molecule is CCCC(N)c1ncc(CC)s1. The van der Waals surface area contributed by atoms with Crippen LogP contribution < -0.4 is 5.73 Å². The number of hydrogen-bond acceptors (Lipinski definition) is 3. The summed E-state index contributed by atoms with van der Waals surface area (Å²) in [5, 5.41) is 1.09. The Morgan fingerprint density at radius 1 is 1.58 bits per heavy atom. The largest absolute Gasteiger partial charge is 0.322 e. The molecule has 0 aliphatic heterocycles. The van der Waals surface area contributed by atoms with Gasteiger partial charge in [0, 0.05) is 11.1 Å². The fourth-order valence-electron chi connectivity index (χ4n) is 1.09. The van der Waals surface area contributed by atoms with Crippen LogP contribution in [-0.2, 0) is 6.42 Å². The third-order valence-electron chi connectivity index (χ3n) is 1.84. The Morgan fingerprint density at radius 3 is 2.83 bits per heavy atom. The van der Waals surface area contributed by atoms with E-state index in [1.807, 2.05) is 6.20 Å². The summed E-state index contributed by atoms with van der Waals surface area (Å²) in [7, 11) is 0. The molecule has 1 heterocycles. The van der Waals surface area contributed by atoms with E-state index in [2.05, 4.69) is 18.8 Å². The van der Waals surface area contributed by atoms with Crippen LogP contribution in [-0.4, -0.2) is 4.98 Å². The van der Waals surface area contributed by atoms with Gasteiger partial charge < -0.3 is 5.73 Å². The highest BCUT2D eigenvalue weighted by molar-refractivity contribution is 7.11. The molecule has 12 heavy (non-hydrogen) atoms. The molecule has 1 unspecified atom stereocenters. The Hall–Kier alpha value is -0.410. The molecule has 0 fully saturated rings. The first kappa shape index (κ1) is 9.68. The summed E-state index contributed by atoms with van der Waals surface area (Å²) in [4.78, 5) is 5.63. The quantitative estimate of drug-likeness (QED) is 0.781. The first-order valence-electron chi connectivity index (χ1n) is 4.48. The summed E-state index contributed by atoms with van der Waals surface area (Å²) >= 11 is 1.74. The van der Waals surface area contributed by atoms with Crippen molar-refractivity contribution in [2.45, 2.75) is 39.2 Å². The van der Waals surface area contributed by atoms with Crippen LogP contribution in [0.1, 0.15) is 42.6 Å². The third-order valence-corrected chi connectivity index (χ3v) is 3.11. The van der Waals surface area contributed by atoms with Gasteiger partial charge in [0.05, 0.1) is 6.04 Å². The number of nitrogens with two attached hydrogens (primary N) is 1. The molecule has 2 N–H and O–H groups in total. The van der Waals surface area contributed by atoms with Gasteiger partial charge in [-0.1, -0.05) is 20.3 Å². The van der Waals surface area contributed by atoms with Gasteiger partial charge in [0.25, 0.3) is 0 Å². The zero-order valence-corrected chi connectivity index (χ0v) is 8.53. The first-order chi connectivity index (χ1) is 5.77. The molecule has 0 radical (unpaired) electrons. The van der Waals surface area contributed by atoms with Crippen LogP contribution in [0.4, 0.5) is 0 Å². The highest BCUT2D eigenvalue weighted by atomic mass is 32.1. The Morgan fingerprint density at radius 2 is 2.33 bits per heavy atom. The predicted octanol–water partition coefficient (Wildman–Crippen LogP) is 2.51. The van der Waals surface area contributed by atoms with E-state index in [9.17, 15) is 0 Å². The minimum absolute atomic E-state index is 0.153. The van der Waals surface area contributed by atoms with Crippen LogP contribution in [0.2, 0.25) is 0 Å². The summed E-state index contributed by atoms with van der Waals surface area (Å²) in [6.07, 6.45) is 5.17. The second-order valence-corrected chi connectivity index (χ2v) is 4.06. The first-order valence-corrected chi connectivity index (χ1v) is 5.29. The lowest BCUT2D eigenvalue weighted by Gasteiger charge is -2.04. The molecule has 1 rings (SSSR count). The third kappa shape index (κ3) is 2.29. The molecule has 0 amide bonds. The van der Waals surface area contributed by atoms with Crippen molar-refractivity contribution >= 4 is 11.3 Å². The minimum Gasteiger partial charge on any atom is -0.322 e. The topological polar surface area (TPSA) is 38.9 Å². The van der Waals surface area contributed by atoms with Crippen LogP contribution in [0.3, 0.4) is 0 Å². The predicted molar refractivity (Wildman–Crippen MR) is 53.3 cm³/mol. The van der Waals surface area contributed by atoms with Crippen molar-refractivity contribution in [3.63, 3.8) is 0 Å². The number of aryl methyl sites for hydroxylation is 1. The standard InChI is InChI=1S/C9H16N2S/c1-3-5-8(10)9-11-6-7(4-2)12-9/h6,8H,3-5,10H2,1-2H3. The fraction of sp³-hybridized carbons (Fsp3) is 0.667. The minimum atomic E-state index is 0.153. The fourth-order valence-corrected chi connectivity index (χ4v) is 1.99. The van der Waals surface area contributed by atoms with E-state index in [4.69, 9.17) is 5.73 Å². The summed E-state index contributed by atoms with van der Waals surface area (Å²) in [6, 6.07) is 0.153. The summed E-state index contributed by atoms with van der Waals surface area (Å²) in [5.41, 5.74) is 5.92. The van der Waals surface area contributed by atoms with Gasteiger partial charge in [0.2, 0.25) is 0 Å². The second kappa shape index (κ2) is 4.58. The molecule has 3 heteroatoms. The van der Waals surface area contributed by atoms with Crippen LogP contribution in [0, 0.1) is 0 Å². The lowest BCUT2D eigenvalue weighted by molar-refractivity contribution is 0.634. The van der Waals surface area contributed by atoms with Crippen molar-refractivity contribution in [2.75, 3.05) is 0 Å². The maximum absolute atomic E-state index is 5.92. The molecule has 0 saturated carbocycles. The number of aromatic nitrogens is 1. The Kier molecular flexibility index (Phi) is 3.69. The van der Waals surface area contributed by atoms with Crippen LogP contribution in [0.25, 0.3) is 0 Å². The lowest BCUT2D eigenvalue weighted by Crippen LogP contribution is -2.08. The number of nitrogens with zero attached hydrogens (tertiary/aromatic N) is 1. The normalized spacial score (nSPS) is 13.2. The average molecular weight is 184 g/mol. The monoisotopic (exact) mass is 184 g/mol. The zero-order chi connectivity index (χ0) is 8.97. The van der Waals surface area contributed by atoms with Crippen molar-refractivity contribution in [1.29, 1.82) is 0 Å². The van der Waals surface area contributed by atoms with E-state index in [0.29, 0.717) is 0 Å². The Bertz CT molecular complexity index is 232. The van der Waals surface area contributed by atoms with Gasteiger partial charge in [-0.15, -0.1) is 11.3 Å². The zero-order valence-electron chi connectivity index (χ0n) is 7.71. The van der Waals surface area contributed by atoms with E-state index in [-0.39, 0.29) is 6.04 Å². The molecular formula is C9H16N2S. The number of rotatable bonds is 4. The van der Waals surface area contributed by atoms with Gasteiger partial charge in [-0.05, 0) is 12.8 Å². The summed E-state index contributed by atoms with van der Waals surface area (Å²) in [6.45, 7) is 4.29. The van der Waals surface area contributed by atoms with E-state index < -0.39 is 0 Å². The molecule has 0 aromatic carbocycles. The van der Waals surface area contributed by atoms with Crippen LogP contribution >= 0.6 is 11.3 Å². The molecule has 0 aliphatic rings. The van der Waals surface area contributed by atoms with Gasteiger partial charge in [-0.3, -0.25) is 0 Å². The molecule has 1 atom stereocenters. The molecule has 68 valence electrons. The molecule has 1 aromatic heterocycles. The van der Waals surface area contributed by atoms with Crippen molar-refractivity contribution < 1.29 is 0 Å². The van der Waals surface area contributed by atoms with Gasteiger partial charge in [-0.2, -0.15) is 0 Å². The maximum Gasteiger partial charge on any atom is 0.110 e. The van der Waals surface area contributed by atoms with Gasteiger partial charge in [-0.25, -0.2) is 4.98 Å². The van der Waals surface area contributed by atoms with E-state index in [1.54, 1.807) is 11.3 Å². The lowest BCUT2D eigenvalue weighted by atomic mass is 10.2. The van der Waals surface area contributed by atoms with Crippen LogP contribution in [0.5, 0.6) is 0 Å². The van der Waals surface area contributed by atoms with E-state index in [0.717, 1.165) is 24.3 Å². The van der Waals surface area contributed by atoms with Crippen molar-refractivity contribution in [3.05, 3.63) is 16.1 Å². The van der Waals surface area contributed by atoms with Gasteiger partial charge in [0.1, 0.15) is 5.01 Å². The van der Waals surface area contributed by atoms with Gasteiger partial charge >= 0.3 is 0 Å². The van der Waals surface area contributed by atoms with E-state index >= 15 is 0 Å². The Balaban J connectivity index is 2.61. The molecule has 0 bridgehead atoms. The summed E-state index contributed by atoms with van der Waals surface area (Å²) in [5.74, 6) is 0. The van der Waals surface area contributed by atoms with E-state index in [1.165, 1.54) is 4.88 Å². The van der Waals surface area contributed by atoms with Crippen LogP contribution in [0.15, 0.2) is 6.20 Å². The van der Waals surface area contributed by atoms with Crippen molar-refractivity contribution in [3.8, 4) is 0 Å². The molecule has 0 aliphatic carbocycles. The van der Waals surface area contributed by atoms with Gasteiger partial charge in [0.15, 0.2) is 0 Å². The number of hydrogen-bond donors (Lipinski definition) is 1. The highest BCUT2D eigenvalue weighted by Gasteiger charge is 2.08. The second-order valence-electron chi connectivity index (χ2n) is 2.91. The van der Waals surface area contributed by atoms with Crippen molar-refractivity contribution in [1.82, 2.24) is 4.98 Å². The molecule has 1 aromatic rings. The molecule has 2 nitrogen and oxygen atoms in total. The highest BCUT2D eigenvalue weighted by Crippen LogP contribution is 2.21. The number of thiazole rings is 1.